The molecule has 0 bridgehead atoms. The van der Waals surface area contributed by atoms with E-state index >= 15 is 0 Å². The van der Waals surface area contributed by atoms with Crippen LogP contribution < -0.4 is 0 Å². The molecule has 0 unspecified atom stereocenters. The fourth-order valence-corrected chi connectivity index (χ4v) is 4.44. The highest BCUT2D eigenvalue weighted by Gasteiger charge is 2.19. The SMILES string of the molecule is Cc1[nH]nc(C(=O)Cc2cnc3[nH]c(-c4cccc(C(=O)N5CCCCC5)c4)cc3c2)c1C. The van der Waals surface area contributed by atoms with Crippen LogP contribution in [0, 0.1) is 13.8 Å². The Morgan fingerprint density at radius 3 is 2.64 bits per heavy atom. The molecule has 4 heterocycles. The number of piperidine rings is 1. The first-order valence-electron chi connectivity index (χ1n) is 11.4. The quantitative estimate of drug-likeness (QED) is 0.442. The van der Waals surface area contributed by atoms with Gasteiger partial charge in [-0.2, -0.15) is 5.10 Å². The summed E-state index contributed by atoms with van der Waals surface area (Å²) in [7, 11) is 0. The number of hydrogen-bond donors (Lipinski definition) is 2. The average Bonchev–Trinajstić information content (AvgIpc) is 3.42. The van der Waals surface area contributed by atoms with E-state index in [0.29, 0.717) is 11.3 Å². The first kappa shape index (κ1) is 21.1. The van der Waals surface area contributed by atoms with Gasteiger partial charge in [-0.25, -0.2) is 4.98 Å². The molecule has 1 aliphatic rings. The van der Waals surface area contributed by atoms with Gasteiger partial charge in [-0.05, 0) is 68.5 Å². The molecule has 168 valence electrons. The lowest BCUT2D eigenvalue weighted by Crippen LogP contribution is -2.35. The molecule has 3 aromatic heterocycles. The van der Waals surface area contributed by atoms with Crippen molar-refractivity contribution >= 4 is 22.7 Å². The van der Waals surface area contributed by atoms with Crippen molar-refractivity contribution in [2.45, 2.75) is 39.5 Å². The molecule has 1 saturated heterocycles. The number of amides is 1. The van der Waals surface area contributed by atoms with Crippen LogP contribution >= 0.6 is 0 Å². The molecular weight excluding hydrogens is 414 g/mol. The van der Waals surface area contributed by atoms with Crippen LogP contribution in [0.1, 0.15) is 56.9 Å². The predicted octanol–water partition coefficient (Wildman–Crippen LogP) is 4.62. The Kier molecular flexibility index (Phi) is 5.54. The van der Waals surface area contributed by atoms with E-state index in [-0.39, 0.29) is 18.1 Å². The Hall–Kier alpha value is -3.74. The molecule has 2 N–H and O–H groups in total. The van der Waals surface area contributed by atoms with E-state index < -0.39 is 0 Å². The number of nitrogens with zero attached hydrogens (tertiary/aromatic N) is 3. The number of aromatic nitrogens is 4. The number of hydrogen-bond acceptors (Lipinski definition) is 4. The van der Waals surface area contributed by atoms with Gasteiger partial charge in [0.25, 0.3) is 5.91 Å². The Bertz CT molecular complexity index is 1340. The molecular formula is C26H27N5O2. The largest absolute Gasteiger partial charge is 0.339 e. The van der Waals surface area contributed by atoms with E-state index in [1.165, 1.54) is 6.42 Å². The molecule has 0 radical (unpaired) electrons. The number of fused-ring (bicyclic) bond motifs is 1. The summed E-state index contributed by atoms with van der Waals surface area (Å²) in [5.74, 6) is 0.0631. The number of Topliss-reactive ketones (excluding diaryl/α,β-unsaturated/α-hetero) is 1. The van der Waals surface area contributed by atoms with Crippen LogP contribution in [0.25, 0.3) is 22.3 Å². The summed E-state index contributed by atoms with van der Waals surface area (Å²) in [6.07, 6.45) is 5.31. The number of pyridine rings is 1. The molecule has 0 atom stereocenters. The van der Waals surface area contributed by atoms with Gasteiger partial charge in [-0.15, -0.1) is 0 Å². The third-order valence-electron chi connectivity index (χ3n) is 6.47. The van der Waals surface area contributed by atoms with E-state index in [0.717, 1.165) is 65.0 Å². The number of aromatic amines is 2. The Labute approximate surface area is 192 Å². The lowest BCUT2D eigenvalue weighted by molar-refractivity contribution is 0.0724. The summed E-state index contributed by atoms with van der Waals surface area (Å²) in [5, 5.41) is 7.94. The van der Waals surface area contributed by atoms with Gasteiger partial charge >= 0.3 is 0 Å². The van der Waals surface area contributed by atoms with Crippen molar-refractivity contribution in [2.24, 2.45) is 0 Å². The number of carbonyl (C=O) groups excluding carboxylic acids is 2. The minimum absolute atomic E-state index is 0.0299. The first-order valence-corrected chi connectivity index (χ1v) is 11.4. The fourth-order valence-electron chi connectivity index (χ4n) is 4.44. The summed E-state index contributed by atoms with van der Waals surface area (Å²) in [6, 6.07) is 11.7. The van der Waals surface area contributed by atoms with Crippen LogP contribution in [-0.2, 0) is 6.42 Å². The van der Waals surface area contributed by atoms with Gasteiger partial charge in [0, 0.05) is 53.6 Å². The Morgan fingerprint density at radius 1 is 1.06 bits per heavy atom. The van der Waals surface area contributed by atoms with Crippen LogP contribution in [-0.4, -0.2) is 49.8 Å². The minimum atomic E-state index is -0.0299. The van der Waals surface area contributed by atoms with Crippen molar-refractivity contribution in [1.29, 1.82) is 0 Å². The van der Waals surface area contributed by atoms with Crippen LogP contribution in [0.5, 0.6) is 0 Å². The van der Waals surface area contributed by atoms with Crippen molar-refractivity contribution in [3.8, 4) is 11.3 Å². The fraction of sp³-hybridized carbons (Fsp3) is 0.308. The average molecular weight is 442 g/mol. The second-order valence-corrected chi connectivity index (χ2v) is 8.82. The van der Waals surface area contributed by atoms with Crippen molar-refractivity contribution in [2.75, 3.05) is 13.1 Å². The van der Waals surface area contributed by atoms with Gasteiger partial charge in [-0.3, -0.25) is 14.7 Å². The smallest absolute Gasteiger partial charge is 0.253 e. The monoisotopic (exact) mass is 441 g/mol. The van der Waals surface area contributed by atoms with Crippen LogP contribution in [0.3, 0.4) is 0 Å². The summed E-state index contributed by atoms with van der Waals surface area (Å²) in [5.41, 5.74) is 6.41. The van der Waals surface area contributed by atoms with Crippen LogP contribution in [0.2, 0.25) is 0 Å². The highest BCUT2D eigenvalue weighted by atomic mass is 16.2. The number of H-pyrrole nitrogens is 2. The molecule has 5 rings (SSSR count). The minimum Gasteiger partial charge on any atom is -0.339 e. The number of nitrogens with one attached hydrogen (secondary N) is 2. The lowest BCUT2D eigenvalue weighted by Gasteiger charge is -2.26. The third kappa shape index (κ3) is 4.18. The molecule has 7 heteroatoms. The number of ketones is 1. The maximum absolute atomic E-state index is 12.9. The number of likely N-dealkylation sites (tertiary alicyclic amines) is 1. The summed E-state index contributed by atoms with van der Waals surface area (Å²) in [4.78, 5) is 35.4. The summed E-state index contributed by atoms with van der Waals surface area (Å²) >= 11 is 0. The third-order valence-corrected chi connectivity index (χ3v) is 6.47. The highest BCUT2D eigenvalue weighted by Crippen LogP contribution is 2.26. The number of carbonyl (C=O) groups is 2. The zero-order valence-corrected chi connectivity index (χ0v) is 18.9. The summed E-state index contributed by atoms with van der Waals surface area (Å²) < 4.78 is 0. The van der Waals surface area contributed by atoms with Gasteiger partial charge in [-0.1, -0.05) is 12.1 Å². The van der Waals surface area contributed by atoms with Crippen molar-refractivity contribution in [3.63, 3.8) is 0 Å². The lowest BCUT2D eigenvalue weighted by atomic mass is 10.0. The molecule has 1 fully saturated rings. The standard InChI is InChI=1S/C26H27N5O2/c1-16-17(2)29-30-24(16)23(32)12-18-11-21-14-22(28-25(21)27-15-18)19-7-6-8-20(13-19)26(33)31-9-4-3-5-10-31/h6-8,11,13-15H,3-5,9-10,12H2,1-2H3,(H,27,28)(H,29,30). The molecule has 0 aliphatic carbocycles. The maximum atomic E-state index is 12.9. The molecule has 4 aromatic rings. The molecule has 33 heavy (non-hydrogen) atoms. The maximum Gasteiger partial charge on any atom is 0.253 e. The first-order chi connectivity index (χ1) is 16.0. The van der Waals surface area contributed by atoms with Gasteiger partial charge in [0.2, 0.25) is 0 Å². The van der Waals surface area contributed by atoms with Gasteiger partial charge in [0.1, 0.15) is 11.3 Å². The van der Waals surface area contributed by atoms with Crippen molar-refractivity contribution in [1.82, 2.24) is 25.1 Å². The molecule has 0 spiro atoms. The summed E-state index contributed by atoms with van der Waals surface area (Å²) in [6.45, 7) is 5.47. The molecule has 1 aromatic carbocycles. The topological polar surface area (TPSA) is 94.7 Å². The van der Waals surface area contributed by atoms with Gasteiger partial charge in [0.05, 0.1) is 0 Å². The van der Waals surface area contributed by atoms with E-state index in [4.69, 9.17) is 0 Å². The number of aryl methyl sites for hydroxylation is 1. The Morgan fingerprint density at radius 2 is 1.88 bits per heavy atom. The van der Waals surface area contributed by atoms with E-state index in [1.54, 1.807) is 6.20 Å². The van der Waals surface area contributed by atoms with Crippen molar-refractivity contribution in [3.05, 3.63) is 70.7 Å². The molecule has 7 nitrogen and oxygen atoms in total. The number of benzene rings is 1. The normalized spacial score (nSPS) is 14.1. The highest BCUT2D eigenvalue weighted by molar-refractivity contribution is 5.98. The second kappa shape index (κ2) is 8.65. The van der Waals surface area contributed by atoms with E-state index in [9.17, 15) is 9.59 Å². The van der Waals surface area contributed by atoms with E-state index in [1.807, 2.05) is 55.1 Å². The van der Waals surface area contributed by atoms with E-state index in [2.05, 4.69) is 20.2 Å². The molecule has 0 saturated carbocycles. The second-order valence-electron chi connectivity index (χ2n) is 8.82. The number of rotatable bonds is 5. The Balaban J connectivity index is 1.38. The predicted molar refractivity (Wildman–Crippen MR) is 127 cm³/mol. The van der Waals surface area contributed by atoms with Gasteiger partial charge in [0.15, 0.2) is 5.78 Å². The molecule has 1 amide bonds. The zero-order valence-electron chi connectivity index (χ0n) is 18.9. The van der Waals surface area contributed by atoms with Crippen LogP contribution in [0.15, 0.2) is 42.6 Å². The zero-order chi connectivity index (χ0) is 22.9. The molecule has 1 aliphatic heterocycles. The van der Waals surface area contributed by atoms with Gasteiger partial charge < -0.3 is 9.88 Å². The van der Waals surface area contributed by atoms with Crippen LogP contribution in [0.4, 0.5) is 0 Å². The van der Waals surface area contributed by atoms with Crippen molar-refractivity contribution < 1.29 is 9.59 Å².